The van der Waals surface area contributed by atoms with Crippen LogP contribution < -0.4 is 19.5 Å². The zero-order valence-electron chi connectivity index (χ0n) is 15.7. The highest BCUT2D eigenvalue weighted by atomic mass is 32.2. The van der Waals surface area contributed by atoms with E-state index in [1.165, 1.54) is 23.1 Å². The van der Waals surface area contributed by atoms with Gasteiger partial charge in [-0.05, 0) is 37.3 Å². The second kappa shape index (κ2) is 9.15. The fourth-order valence-electron chi connectivity index (χ4n) is 2.71. The number of para-hydroxylation sites is 2. The number of carbonyl (C=O) groups excluding carboxylic acids is 1. The van der Waals surface area contributed by atoms with Gasteiger partial charge in [-0.25, -0.2) is 0 Å². The first kappa shape index (κ1) is 19.5. The van der Waals surface area contributed by atoms with E-state index in [2.05, 4.69) is 15.5 Å². The number of Topliss-reactive ketones (excluding diaryl/α,β-unsaturated/α-hetero) is 1. The van der Waals surface area contributed by atoms with Crippen molar-refractivity contribution in [2.24, 2.45) is 0 Å². The number of ether oxygens (including phenoxy) is 3. The van der Waals surface area contributed by atoms with Crippen LogP contribution in [0, 0.1) is 0 Å². The molecule has 0 atom stereocenters. The van der Waals surface area contributed by atoms with E-state index in [4.69, 9.17) is 14.2 Å². The Hall–Kier alpha value is -2.78. The van der Waals surface area contributed by atoms with E-state index in [1.54, 1.807) is 18.2 Å². The van der Waals surface area contributed by atoms with Crippen molar-refractivity contribution in [2.45, 2.75) is 11.3 Å². The summed E-state index contributed by atoms with van der Waals surface area (Å²) in [7, 11) is 0. The fraction of sp³-hybridized carbons (Fsp3) is 0.250. The molecule has 1 N–H and O–H groups in total. The molecule has 0 aliphatic carbocycles. The molecule has 2 aromatic carbocycles. The summed E-state index contributed by atoms with van der Waals surface area (Å²) in [5, 5.41) is 12.2. The van der Waals surface area contributed by atoms with Crippen molar-refractivity contribution < 1.29 is 19.0 Å². The first-order valence-electron chi connectivity index (χ1n) is 9.11. The summed E-state index contributed by atoms with van der Waals surface area (Å²) in [6, 6.07) is 12.9. The van der Waals surface area contributed by atoms with Crippen LogP contribution >= 0.6 is 23.1 Å². The largest absolute Gasteiger partial charge is 0.492 e. The van der Waals surface area contributed by atoms with Crippen LogP contribution in [-0.4, -0.2) is 41.6 Å². The van der Waals surface area contributed by atoms with Crippen LogP contribution in [0.25, 0.3) is 0 Å². The van der Waals surface area contributed by atoms with Gasteiger partial charge in [-0.3, -0.25) is 4.79 Å². The Labute approximate surface area is 176 Å². The number of carbonyl (C=O) groups is 1. The molecule has 0 saturated carbocycles. The number of ketones is 1. The molecule has 0 unspecified atom stereocenters. The van der Waals surface area contributed by atoms with Crippen molar-refractivity contribution >= 4 is 39.7 Å². The Morgan fingerprint density at radius 1 is 1.17 bits per heavy atom. The molecule has 1 aromatic heterocycles. The van der Waals surface area contributed by atoms with Gasteiger partial charge in [-0.1, -0.05) is 35.2 Å². The number of hydrogen-bond acceptors (Lipinski definition) is 9. The summed E-state index contributed by atoms with van der Waals surface area (Å²) in [6.07, 6.45) is 0. The molecule has 0 amide bonds. The zero-order chi connectivity index (χ0) is 20.1. The van der Waals surface area contributed by atoms with Crippen LogP contribution in [-0.2, 0) is 0 Å². The van der Waals surface area contributed by atoms with E-state index in [1.807, 2.05) is 31.2 Å². The molecular weight excluding hydrogens is 410 g/mol. The maximum absolute atomic E-state index is 12.5. The van der Waals surface area contributed by atoms with E-state index >= 15 is 0 Å². The lowest BCUT2D eigenvalue weighted by Crippen LogP contribution is -2.16. The third kappa shape index (κ3) is 4.80. The van der Waals surface area contributed by atoms with Gasteiger partial charge in [0.25, 0.3) is 0 Å². The highest BCUT2D eigenvalue weighted by Gasteiger charge is 2.16. The lowest BCUT2D eigenvalue weighted by atomic mass is 10.1. The molecule has 7 nitrogen and oxygen atoms in total. The summed E-state index contributed by atoms with van der Waals surface area (Å²) in [5.74, 6) is 2.31. The Morgan fingerprint density at radius 3 is 2.86 bits per heavy atom. The van der Waals surface area contributed by atoms with Crippen molar-refractivity contribution in [1.82, 2.24) is 10.2 Å². The van der Waals surface area contributed by atoms with E-state index in [-0.39, 0.29) is 11.5 Å². The van der Waals surface area contributed by atoms with Crippen LogP contribution in [0.15, 0.2) is 46.8 Å². The monoisotopic (exact) mass is 429 g/mol. The Kier molecular flexibility index (Phi) is 6.16. The number of fused-ring (bicyclic) bond motifs is 1. The smallest absolute Gasteiger partial charge is 0.210 e. The lowest BCUT2D eigenvalue weighted by Gasteiger charge is -2.18. The summed E-state index contributed by atoms with van der Waals surface area (Å²) in [4.78, 5) is 12.5. The van der Waals surface area contributed by atoms with Gasteiger partial charge < -0.3 is 19.5 Å². The van der Waals surface area contributed by atoms with Crippen LogP contribution in [0.1, 0.15) is 17.3 Å². The van der Waals surface area contributed by atoms with Gasteiger partial charge in [0.2, 0.25) is 5.13 Å². The molecule has 0 fully saturated rings. The molecular formula is C20H19N3O4S2. The predicted octanol–water partition coefficient (Wildman–Crippen LogP) is 4.43. The molecule has 0 bridgehead atoms. The molecule has 1 aliphatic heterocycles. The molecule has 0 saturated heterocycles. The fourth-order valence-corrected chi connectivity index (χ4v) is 4.37. The van der Waals surface area contributed by atoms with Crippen LogP contribution in [0.4, 0.5) is 10.8 Å². The molecule has 9 heteroatoms. The van der Waals surface area contributed by atoms with Gasteiger partial charge in [-0.2, -0.15) is 0 Å². The minimum atomic E-state index is -0.00151. The van der Waals surface area contributed by atoms with Gasteiger partial charge in [-0.15, -0.1) is 10.2 Å². The topological polar surface area (TPSA) is 82.6 Å². The SMILES string of the molecule is CCOc1ccccc1Nc1nnc(SCC(=O)c2ccc3c(c2)OCCO3)s1. The average Bonchev–Trinajstić information content (AvgIpc) is 3.20. The number of nitrogens with one attached hydrogen (secondary N) is 1. The highest BCUT2D eigenvalue weighted by Crippen LogP contribution is 2.33. The summed E-state index contributed by atoms with van der Waals surface area (Å²) >= 11 is 2.75. The summed E-state index contributed by atoms with van der Waals surface area (Å²) < 4.78 is 17.4. The maximum atomic E-state index is 12.5. The predicted molar refractivity (Wildman–Crippen MR) is 113 cm³/mol. The van der Waals surface area contributed by atoms with Gasteiger partial charge >= 0.3 is 0 Å². The number of rotatable bonds is 8. The minimum absolute atomic E-state index is 0.00151. The standard InChI is InChI=1S/C20H19N3O4S2/c1-2-25-16-6-4-3-5-14(16)21-19-22-23-20(29-19)28-12-15(24)13-7-8-17-18(11-13)27-10-9-26-17/h3-8,11H,2,9-10,12H2,1H3,(H,21,22). The first-order valence-corrected chi connectivity index (χ1v) is 10.9. The number of hydrogen-bond donors (Lipinski definition) is 1. The lowest BCUT2D eigenvalue weighted by molar-refractivity contribution is 0.102. The van der Waals surface area contributed by atoms with Gasteiger partial charge in [0.1, 0.15) is 19.0 Å². The Bertz CT molecular complexity index is 1010. The van der Waals surface area contributed by atoms with Gasteiger partial charge in [0, 0.05) is 5.56 Å². The van der Waals surface area contributed by atoms with Gasteiger partial charge in [0.05, 0.1) is 18.0 Å². The molecule has 1 aliphatic rings. The van der Waals surface area contributed by atoms with E-state index in [9.17, 15) is 4.79 Å². The quantitative estimate of drug-likeness (QED) is 0.416. The molecule has 29 heavy (non-hydrogen) atoms. The van der Waals surface area contributed by atoms with Crippen molar-refractivity contribution in [3.8, 4) is 17.2 Å². The maximum Gasteiger partial charge on any atom is 0.210 e. The normalized spacial score (nSPS) is 12.4. The Morgan fingerprint density at radius 2 is 2.00 bits per heavy atom. The van der Waals surface area contributed by atoms with Crippen molar-refractivity contribution in [2.75, 3.05) is 30.9 Å². The minimum Gasteiger partial charge on any atom is -0.492 e. The molecule has 150 valence electrons. The average molecular weight is 430 g/mol. The van der Waals surface area contributed by atoms with E-state index in [0.29, 0.717) is 46.4 Å². The van der Waals surface area contributed by atoms with Gasteiger partial charge in [0.15, 0.2) is 21.6 Å². The Balaban J connectivity index is 1.37. The van der Waals surface area contributed by atoms with Crippen molar-refractivity contribution in [3.05, 3.63) is 48.0 Å². The van der Waals surface area contributed by atoms with Crippen LogP contribution in [0.5, 0.6) is 17.2 Å². The number of benzene rings is 2. The third-order valence-corrected chi connectivity index (χ3v) is 6.00. The number of thioether (sulfide) groups is 1. The second-order valence-electron chi connectivity index (χ2n) is 6.00. The number of nitrogens with zero attached hydrogens (tertiary/aromatic N) is 2. The number of anilines is 2. The summed E-state index contributed by atoms with van der Waals surface area (Å²) in [5.41, 5.74) is 1.42. The second-order valence-corrected chi connectivity index (χ2v) is 8.20. The van der Waals surface area contributed by atoms with Crippen molar-refractivity contribution in [1.29, 1.82) is 0 Å². The molecule has 0 spiro atoms. The third-order valence-electron chi connectivity index (χ3n) is 4.03. The zero-order valence-corrected chi connectivity index (χ0v) is 17.3. The van der Waals surface area contributed by atoms with E-state index in [0.717, 1.165) is 11.4 Å². The van der Waals surface area contributed by atoms with Crippen LogP contribution in [0.3, 0.4) is 0 Å². The molecule has 2 heterocycles. The highest BCUT2D eigenvalue weighted by molar-refractivity contribution is 8.01. The molecule has 0 radical (unpaired) electrons. The molecule has 4 rings (SSSR count). The van der Waals surface area contributed by atoms with Crippen molar-refractivity contribution in [3.63, 3.8) is 0 Å². The first-order chi connectivity index (χ1) is 14.2. The summed E-state index contributed by atoms with van der Waals surface area (Å²) in [6.45, 7) is 3.54. The number of aromatic nitrogens is 2. The van der Waals surface area contributed by atoms with Crippen LogP contribution in [0.2, 0.25) is 0 Å². The van der Waals surface area contributed by atoms with E-state index < -0.39 is 0 Å². The molecule has 3 aromatic rings.